The summed E-state index contributed by atoms with van der Waals surface area (Å²) in [6, 6.07) is 12.7. The molecule has 0 aromatic heterocycles. The summed E-state index contributed by atoms with van der Waals surface area (Å²) < 4.78 is 5.42. The molecule has 1 N–H and O–H groups in total. The van der Waals surface area contributed by atoms with E-state index in [2.05, 4.69) is 20.8 Å². The van der Waals surface area contributed by atoms with Crippen LogP contribution in [0, 0.1) is 6.92 Å². The third-order valence-corrected chi connectivity index (χ3v) is 6.00. The van der Waals surface area contributed by atoms with Gasteiger partial charge in [-0.1, -0.05) is 70.0 Å². The fourth-order valence-electron chi connectivity index (χ4n) is 4.10. The van der Waals surface area contributed by atoms with Crippen LogP contribution in [0.5, 0.6) is 5.75 Å². The zero-order valence-electron chi connectivity index (χ0n) is 19.9. The van der Waals surface area contributed by atoms with Gasteiger partial charge < -0.3 is 14.7 Å². The summed E-state index contributed by atoms with van der Waals surface area (Å²) in [5.41, 5.74) is 3.39. The van der Waals surface area contributed by atoms with Gasteiger partial charge in [-0.2, -0.15) is 0 Å². The summed E-state index contributed by atoms with van der Waals surface area (Å²) >= 11 is 0. The fourth-order valence-corrected chi connectivity index (χ4v) is 4.10. The number of aliphatic hydroxyl groups excluding tert-OH is 1. The van der Waals surface area contributed by atoms with E-state index in [9.17, 15) is 14.7 Å². The maximum absolute atomic E-state index is 13.1. The summed E-state index contributed by atoms with van der Waals surface area (Å²) in [5, 5.41) is 11.3. The molecule has 1 unspecified atom stereocenters. The number of aliphatic hydroxyl groups is 1. The van der Waals surface area contributed by atoms with Gasteiger partial charge in [-0.15, -0.1) is 0 Å². The average molecular weight is 436 g/mol. The van der Waals surface area contributed by atoms with Crippen LogP contribution in [0.4, 0.5) is 0 Å². The van der Waals surface area contributed by atoms with Gasteiger partial charge in [-0.3, -0.25) is 9.59 Å². The van der Waals surface area contributed by atoms with Crippen molar-refractivity contribution in [1.29, 1.82) is 0 Å². The number of carbonyl (C=O) groups excluding carboxylic acids is 2. The maximum Gasteiger partial charge on any atom is 0.295 e. The third-order valence-electron chi connectivity index (χ3n) is 6.00. The second kappa shape index (κ2) is 9.19. The van der Waals surface area contributed by atoms with E-state index in [-0.39, 0.29) is 16.7 Å². The molecule has 1 amide bonds. The normalized spacial score (nSPS) is 18.3. The lowest BCUT2D eigenvalue weighted by Crippen LogP contribution is -2.30. The minimum absolute atomic E-state index is 0.0164. The molecule has 32 heavy (non-hydrogen) atoms. The average Bonchev–Trinajstić information content (AvgIpc) is 3.01. The highest BCUT2D eigenvalue weighted by molar-refractivity contribution is 6.46. The van der Waals surface area contributed by atoms with E-state index in [4.69, 9.17) is 4.74 Å². The number of rotatable bonds is 6. The van der Waals surface area contributed by atoms with Crippen LogP contribution in [0.1, 0.15) is 68.8 Å². The van der Waals surface area contributed by atoms with E-state index in [1.165, 1.54) is 7.11 Å². The molecule has 1 aliphatic rings. The second-order valence-electron chi connectivity index (χ2n) is 9.42. The van der Waals surface area contributed by atoms with Gasteiger partial charge in [0.1, 0.15) is 11.5 Å². The molecule has 0 aliphatic carbocycles. The number of likely N-dealkylation sites (tertiary alicyclic amines) is 1. The molecular weight excluding hydrogens is 402 g/mol. The van der Waals surface area contributed by atoms with Crippen LogP contribution in [0.15, 0.2) is 48.0 Å². The summed E-state index contributed by atoms with van der Waals surface area (Å²) in [6.07, 6.45) is 1.67. The first-order valence-corrected chi connectivity index (χ1v) is 11.1. The highest BCUT2D eigenvalue weighted by Gasteiger charge is 2.46. The molecule has 2 aromatic carbocycles. The van der Waals surface area contributed by atoms with E-state index in [0.29, 0.717) is 17.9 Å². The molecular formula is C27H33NO4. The number of nitrogens with zero attached hydrogens (tertiary/aromatic N) is 1. The van der Waals surface area contributed by atoms with Gasteiger partial charge in [0.25, 0.3) is 11.7 Å². The molecule has 170 valence electrons. The Morgan fingerprint density at radius 3 is 2.31 bits per heavy atom. The van der Waals surface area contributed by atoms with Crippen molar-refractivity contribution in [2.75, 3.05) is 13.7 Å². The van der Waals surface area contributed by atoms with Crippen molar-refractivity contribution < 1.29 is 19.4 Å². The Bertz CT molecular complexity index is 1040. The quantitative estimate of drug-likeness (QED) is 0.368. The van der Waals surface area contributed by atoms with Crippen LogP contribution in [-0.2, 0) is 15.0 Å². The number of ketones is 1. The Labute approximate surface area is 190 Å². The smallest absolute Gasteiger partial charge is 0.295 e. The van der Waals surface area contributed by atoms with Gasteiger partial charge in [0, 0.05) is 6.54 Å². The van der Waals surface area contributed by atoms with Crippen molar-refractivity contribution in [2.24, 2.45) is 0 Å². The van der Waals surface area contributed by atoms with E-state index in [0.717, 1.165) is 29.5 Å². The van der Waals surface area contributed by atoms with Crippen molar-refractivity contribution >= 4 is 17.4 Å². The molecule has 1 heterocycles. The van der Waals surface area contributed by atoms with Gasteiger partial charge in [0.05, 0.1) is 24.3 Å². The Morgan fingerprint density at radius 2 is 1.75 bits per heavy atom. The largest absolute Gasteiger partial charge is 0.507 e. The van der Waals surface area contributed by atoms with Crippen LogP contribution >= 0.6 is 0 Å². The maximum atomic E-state index is 13.1. The summed E-state index contributed by atoms with van der Waals surface area (Å²) in [6.45, 7) is 10.8. The number of ether oxygens (including phenoxy) is 1. The summed E-state index contributed by atoms with van der Waals surface area (Å²) in [7, 11) is 1.52. The van der Waals surface area contributed by atoms with Crippen LogP contribution in [0.2, 0.25) is 0 Å². The van der Waals surface area contributed by atoms with Crippen molar-refractivity contribution in [3.8, 4) is 5.75 Å². The first-order chi connectivity index (χ1) is 15.1. The van der Waals surface area contributed by atoms with Crippen LogP contribution in [0.3, 0.4) is 0 Å². The Balaban J connectivity index is 2.20. The highest BCUT2D eigenvalue weighted by Crippen LogP contribution is 2.41. The molecule has 0 bridgehead atoms. The predicted molar refractivity (Wildman–Crippen MR) is 127 cm³/mol. The Kier molecular flexibility index (Phi) is 6.77. The molecule has 1 fully saturated rings. The number of aryl methyl sites for hydroxylation is 1. The molecule has 3 rings (SSSR count). The lowest BCUT2D eigenvalue weighted by molar-refractivity contribution is -0.139. The first-order valence-electron chi connectivity index (χ1n) is 11.1. The summed E-state index contributed by atoms with van der Waals surface area (Å²) in [4.78, 5) is 27.7. The zero-order valence-corrected chi connectivity index (χ0v) is 19.9. The second-order valence-corrected chi connectivity index (χ2v) is 9.42. The van der Waals surface area contributed by atoms with Gasteiger partial charge >= 0.3 is 0 Å². The minimum atomic E-state index is -0.660. The van der Waals surface area contributed by atoms with E-state index < -0.39 is 17.7 Å². The topological polar surface area (TPSA) is 66.8 Å². The molecule has 0 saturated carbocycles. The molecule has 0 radical (unpaired) electrons. The predicted octanol–water partition coefficient (Wildman–Crippen LogP) is 5.52. The number of hydrogen-bond acceptors (Lipinski definition) is 4. The van der Waals surface area contributed by atoms with E-state index >= 15 is 0 Å². The number of amides is 1. The molecule has 0 spiro atoms. The third kappa shape index (κ3) is 4.43. The van der Waals surface area contributed by atoms with Crippen LogP contribution in [-0.4, -0.2) is 35.4 Å². The monoisotopic (exact) mass is 435 g/mol. The molecule has 2 aromatic rings. The van der Waals surface area contributed by atoms with Crippen molar-refractivity contribution in [3.63, 3.8) is 0 Å². The Morgan fingerprint density at radius 1 is 1.09 bits per heavy atom. The van der Waals surface area contributed by atoms with Crippen LogP contribution < -0.4 is 4.74 Å². The minimum Gasteiger partial charge on any atom is -0.507 e. The van der Waals surface area contributed by atoms with E-state index in [1.807, 2.05) is 44.2 Å². The van der Waals surface area contributed by atoms with Gasteiger partial charge in [-0.25, -0.2) is 0 Å². The molecule has 5 heteroatoms. The lowest BCUT2D eigenvalue weighted by atomic mass is 9.85. The Hall–Kier alpha value is -3.08. The number of unbranched alkanes of at least 4 members (excludes halogenated alkanes) is 1. The number of hydrogen-bond donors (Lipinski definition) is 1. The number of benzene rings is 2. The fraction of sp³-hybridized carbons (Fsp3) is 0.407. The number of Topliss-reactive ketones (excluding diaryl/α,β-unsaturated/α-hetero) is 1. The van der Waals surface area contributed by atoms with Gasteiger partial charge in [0.15, 0.2) is 0 Å². The lowest BCUT2D eigenvalue weighted by Gasteiger charge is -2.26. The summed E-state index contributed by atoms with van der Waals surface area (Å²) in [5.74, 6) is -0.980. The first kappa shape index (κ1) is 23.6. The number of methoxy groups -OCH3 is 1. The van der Waals surface area contributed by atoms with Crippen molar-refractivity contribution in [3.05, 3.63) is 70.3 Å². The van der Waals surface area contributed by atoms with Gasteiger partial charge in [0.2, 0.25) is 0 Å². The van der Waals surface area contributed by atoms with Crippen LogP contribution in [0.25, 0.3) is 5.76 Å². The van der Waals surface area contributed by atoms with E-state index in [1.54, 1.807) is 17.0 Å². The van der Waals surface area contributed by atoms with Gasteiger partial charge in [-0.05, 0) is 42.0 Å². The highest BCUT2D eigenvalue weighted by atomic mass is 16.5. The van der Waals surface area contributed by atoms with Crippen molar-refractivity contribution in [1.82, 2.24) is 4.90 Å². The molecule has 1 saturated heterocycles. The molecule has 1 aliphatic heterocycles. The SMILES string of the molecule is CCCCN1C(=O)C(=O)/C(=C(/O)c2cc(C)ccc2OC)C1c1ccc(C(C)(C)C)cc1. The molecule has 5 nitrogen and oxygen atoms in total. The van der Waals surface area contributed by atoms with Crippen molar-refractivity contribution in [2.45, 2.75) is 58.9 Å². The zero-order chi connectivity index (χ0) is 23.6. The standard InChI is InChI=1S/C27H33NO4/c1-7-8-15-28-23(18-10-12-19(13-11-18)27(3,4)5)22(25(30)26(28)31)24(29)20-16-17(2)9-14-21(20)32-6/h9-14,16,23,29H,7-8,15H2,1-6H3/b24-22+. The number of carbonyl (C=O) groups is 2. The molecule has 1 atom stereocenters.